The van der Waals surface area contributed by atoms with Gasteiger partial charge >= 0.3 is 0 Å². The molecule has 0 bridgehead atoms. The van der Waals surface area contributed by atoms with Gasteiger partial charge in [-0.25, -0.2) is 0 Å². The Kier molecular flexibility index (Phi) is 4.84. The molecule has 116 valence electrons. The third-order valence-electron chi connectivity index (χ3n) is 3.70. The van der Waals surface area contributed by atoms with E-state index in [4.69, 9.17) is 4.74 Å². The van der Waals surface area contributed by atoms with E-state index in [2.05, 4.69) is 10.2 Å². The van der Waals surface area contributed by atoms with Crippen LogP contribution in [-0.2, 0) is 22.4 Å². The minimum absolute atomic E-state index is 0.209. The van der Waals surface area contributed by atoms with Gasteiger partial charge in [0, 0.05) is 24.1 Å². The molecule has 0 saturated carbocycles. The van der Waals surface area contributed by atoms with E-state index in [0.29, 0.717) is 19.3 Å². The summed E-state index contributed by atoms with van der Waals surface area (Å²) in [6.45, 7) is 0.516. The average Bonchev–Trinajstić information content (AvgIpc) is 3.05. The van der Waals surface area contributed by atoms with Gasteiger partial charge in [-0.2, -0.15) is 5.10 Å². The van der Waals surface area contributed by atoms with Crippen molar-refractivity contribution in [2.45, 2.75) is 18.9 Å². The predicted molar refractivity (Wildman–Crippen MR) is 88.8 cm³/mol. The lowest BCUT2D eigenvalue weighted by Crippen LogP contribution is -2.18. The molecule has 1 atom stereocenters. The molecule has 4 nitrogen and oxygen atoms in total. The predicted octanol–water partition coefficient (Wildman–Crippen LogP) is 3.40. The first-order chi connectivity index (χ1) is 11.3. The van der Waals surface area contributed by atoms with Crippen molar-refractivity contribution < 1.29 is 9.53 Å². The minimum atomic E-state index is -0.209. The lowest BCUT2D eigenvalue weighted by molar-refractivity contribution is -0.133. The molecule has 1 aromatic heterocycles. The van der Waals surface area contributed by atoms with E-state index in [9.17, 15) is 4.79 Å². The number of hydrogen-bond donors (Lipinski definition) is 1. The third-order valence-corrected chi connectivity index (χ3v) is 3.70. The number of rotatable bonds is 7. The zero-order chi connectivity index (χ0) is 15.9. The summed E-state index contributed by atoms with van der Waals surface area (Å²) in [5.41, 5.74) is 4.05. The van der Waals surface area contributed by atoms with Crippen molar-refractivity contribution in [3.63, 3.8) is 0 Å². The first-order valence-electron chi connectivity index (χ1n) is 7.58. The van der Waals surface area contributed by atoms with Crippen LogP contribution < -0.4 is 0 Å². The Morgan fingerprint density at radius 1 is 1.00 bits per heavy atom. The van der Waals surface area contributed by atoms with Gasteiger partial charge in [-0.15, -0.1) is 0 Å². The maximum atomic E-state index is 10.8. The molecule has 2 aromatic carbocycles. The fourth-order valence-corrected chi connectivity index (χ4v) is 2.59. The van der Waals surface area contributed by atoms with Crippen molar-refractivity contribution in [3.8, 4) is 11.3 Å². The monoisotopic (exact) mass is 306 g/mol. The molecule has 4 heteroatoms. The van der Waals surface area contributed by atoms with Gasteiger partial charge in [0.1, 0.15) is 6.10 Å². The summed E-state index contributed by atoms with van der Waals surface area (Å²) >= 11 is 0. The highest BCUT2D eigenvalue weighted by molar-refractivity contribution is 5.58. The fourth-order valence-electron chi connectivity index (χ4n) is 2.59. The molecular weight excluding hydrogens is 288 g/mol. The summed E-state index contributed by atoms with van der Waals surface area (Å²) in [5.74, 6) is 0. The Hall–Kier alpha value is -2.88. The van der Waals surface area contributed by atoms with Crippen LogP contribution in [-0.4, -0.2) is 22.8 Å². The Morgan fingerprint density at radius 2 is 1.70 bits per heavy atom. The minimum Gasteiger partial charge on any atom is -0.464 e. The van der Waals surface area contributed by atoms with Gasteiger partial charge in [-0.05, 0) is 11.6 Å². The van der Waals surface area contributed by atoms with Crippen LogP contribution in [0.3, 0.4) is 0 Å². The molecular formula is C19H18N2O2. The molecule has 1 heterocycles. The van der Waals surface area contributed by atoms with Crippen LogP contribution in [0.4, 0.5) is 0 Å². The number of aromatic amines is 1. The van der Waals surface area contributed by atoms with Crippen molar-refractivity contribution >= 4 is 6.47 Å². The normalized spacial score (nSPS) is 11.8. The van der Waals surface area contributed by atoms with Crippen LogP contribution in [0.25, 0.3) is 11.3 Å². The van der Waals surface area contributed by atoms with Crippen LogP contribution >= 0.6 is 0 Å². The van der Waals surface area contributed by atoms with Crippen LogP contribution in [0, 0.1) is 0 Å². The number of ether oxygens (including phenoxy) is 1. The van der Waals surface area contributed by atoms with Gasteiger partial charge in [-0.3, -0.25) is 9.89 Å². The van der Waals surface area contributed by atoms with E-state index in [-0.39, 0.29) is 6.10 Å². The molecule has 0 spiro atoms. The number of carbonyl (C=O) groups excluding carboxylic acids is 1. The maximum absolute atomic E-state index is 10.8. The number of nitrogens with one attached hydrogen (secondary N) is 1. The fraction of sp³-hybridized carbons (Fsp3) is 0.158. The van der Waals surface area contributed by atoms with E-state index in [1.807, 2.05) is 66.7 Å². The maximum Gasteiger partial charge on any atom is 0.293 e. The second kappa shape index (κ2) is 7.40. The van der Waals surface area contributed by atoms with Gasteiger partial charge in [0.05, 0.1) is 5.69 Å². The molecule has 0 radical (unpaired) electrons. The highest BCUT2D eigenvalue weighted by atomic mass is 16.5. The summed E-state index contributed by atoms with van der Waals surface area (Å²) in [6, 6.07) is 22.0. The number of nitrogens with zero attached hydrogens (tertiary/aromatic N) is 1. The Morgan fingerprint density at radius 3 is 2.39 bits per heavy atom. The van der Waals surface area contributed by atoms with Gasteiger partial charge in [0.2, 0.25) is 0 Å². The number of aromatic nitrogens is 2. The standard InChI is InChI=1S/C19H18N2O2/c22-14-23-18(11-15-7-3-1-4-8-15)12-17-13-19(21-20-17)16-9-5-2-6-10-16/h1-10,13-14,18H,11-12H2,(H,20,21). The SMILES string of the molecule is O=COC(Cc1ccccc1)Cc1cc(-c2ccccc2)n[nH]1. The Labute approximate surface area is 135 Å². The van der Waals surface area contributed by atoms with Crippen LogP contribution in [0.15, 0.2) is 66.7 Å². The van der Waals surface area contributed by atoms with Crippen molar-refractivity contribution in [2.75, 3.05) is 0 Å². The molecule has 1 N–H and O–H groups in total. The van der Waals surface area contributed by atoms with Crippen molar-refractivity contribution in [1.29, 1.82) is 0 Å². The average molecular weight is 306 g/mol. The highest BCUT2D eigenvalue weighted by Gasteiger charge is 2.14. The van der Waals surface area contributed by atoms with E-state index >= 15 is 0 Å². The molecule has 0 saturated heterocycles. The Bertz CT molecular complexity index is 738. The molecule has 3 aromatic rings. The van der Waals surface area contributed by atoms with Gasteiger partial charge in [0.25, 0.3) is 6.47 Å². The molecule has 0 aliphatic heterocycles. The van der Waals surface area contributed by atoms with Crippen LogP contribution in [0.1, 0.15) is 11.3 Å². The van der Waals surface area contributed by atoms with Crippen molar-refractivity contribution in [3.05, 3.63) is 78.0 Å². The molecule has 0 aliphatic carbocycles. The van der Waals surface area contributed by atoms with E-state index < -0.39 is 0 Å². The zero-order valence-corrected chi connectivity index (χ0v) is 12.7. The topological polar surface area (TPSA) is 55.0 Å². The second-order valence-corrected chi connectivity index (χ2v) is 5.39. The number of benzene rings is 2. The number of carbonyl (C=O) groups is 1. The van der Waals surface area contributed by atoms with Crippen LogP contribution in [0.2, 0.25) is 0 Å². The molecule has 3 rings (SSSR count). The molecule has 1 unspecified atom stereocenters. The largest absolute Gasteiger partial charge is 0.464 e. The molecule has 23 heavy (non-hydrogen) atoms. The first kappa shape index (κ1) is 15.0. The van der Waals surface area contributed by atoms with Gasteiger partial charge < -0.3 is 4.74 Å². The van der Waals surface area contributed by atoms with E-state index in [1.165, 1.54) is 0 Å². The number of hydrogen-bond acceptors (Lipinski definition) is 3. The highest BCUT2D eigenvalue weighted by Crippen LogP contribution is 2.18. The summed E-state index contributed by atoms with van der Waals surface area (Å²) in [5, 5.41) is 7.37. The molecule has 0 fully saturated rings. The van der Waals surface area contributed by atoms with E-state index in [0.717, 1.165) is 22.5 Å². The quantitative estimate of drug-likeness (QED) is 0.681. The second-order valence-electron chi connectivity index (χ2n) is 5.39. The van der Waals surface area contributed by atoms with Crippen LogP contribution in [0.5, 0.6) is 0 Å². The van der Waals surface area contributed by atoms with Gasteiger partial charge in [-0.1, -0.05) is 60.7 Å². The van der Waals surface area contributed by atoms with Crippen molar-refractivity contribution in [2.24, 2.45) is 0 Å². The third kappa shape index (κ3) is 4.07. The lowest BCUT2D eigenvalue weighted by Gasteiger charge is -2.14. The summed E-state index contributed by atoms with van der Waals surface area (Å²) in [7, 11) is 0. The molecule has 0 amide bonds. The summed E-state index contributed by atoms with van der Waals surface area (Å²) < 4.78 is 5.24. The lowest BCUT2D eigenvalue weighted by atomic mass is 10.0. The first-order valence-corrected chi connectivity index (χ1v) is 7.58. The van der Waals surface area contributed by atoms with Gasteiger partial charge in [0.15, 0.2) is 0 Å². The summed E-state index contributed by atoms with van der Waals surface area (Å²) in [6.07, 6.45) is 1.08. The molecule has 0 aliphatic rings. The van der Waals surface area contributed by atoms with Crippen molar-refractivity contribution in [1.82, 2.24) is 10.2 Å². The Balaban J connectivity index is 1.71. The zero-order valence-electron chi connectivity index (χ0n) is 12.7. The number of H-pyrrole nitrogens is 1. The smallest absolute Gasteiger partial charge is 0.293 e. The van der Waals surface area contributed by atoms with E-state index in [1.54, 1.807) is 0 Å². The summed E-state index contributed by atoms with van der Waals surface area (Å²) in [4.78, 5) is 10.8.